The number of rotatable bonds is 2. The zero-order valence-corrected chi connectivity index (χ0v) is 13.5. The highest BCUT2D eigenvalue weighted by Crippen LogP contribution is 2.37. The Balaban J connectivity index is 1.99. The van der Waals surface area contributed by atoms with E-state index in [0.717, 1.165) is 37.1 Å². The van der Waals surface area contributed by atoms with Gasteiger partial charge in [0.05, 0.1) is 11.3 Å². The van der Waals surface area contributed by atoms with E-state index in [1.165, 1.54) is 6.07 Å². The molecule has 1 radical (unpaired) electrons. The summed E-state index contributed by atoms with van der Waals surface area (Å²) in [7, 11) is 0. The van der Waals surface area contributed by atoms with Crippen molar-refractivity contribution in [1.82, 2.24) is 10.3 Å². The second kappa shape index (κ2) is 6.90. The van der Waals surface area contributed by atoms with E-state index in [4.69, 9.17) is 0 Å². The summed E-state index contributed by atoms with van der Waals surface area (Å²) < 4.78 is 78.3. The highest BCUT2D eigenvalue weighted by Gasteiger charge is 2.38. The van der Waals surface area contributed by atoms with Gasteiger partial charge in [-0.25, -0.2) is 4.98 Å². The number of halogens is 6. The monoisotopic (exact) mass is 373 g/mol. The molecule has 1 aliphatic heterocycles. The molecule has 1 atom stereocenters. The van der Waals surface area contributed by atoms with E-state index in [2.05, 4.69) is 16.4 Å². The van der Waals surface area contributed by atoms with Crippen LogP contribution in [0.3, 0.4) is 0 Å². The highest BCUT2D eigenvalue weighted by atomic mass is 19.4. The number of pyridine rings is 1. The summed E-state index contributed by atoms with van der Waals surface area (Å²) in [6.45, 7) is 0.621. The molecule has 139 valence electrons. The normalized spacial score (nSPS) is 18.8. The van der Waals surface area contributed by atoms with Crippen LogP contribution in [0.1, 0.15) is 42.1 Å². The number of benzene rings is 1. The van der Waals surface area contributed by atoms with Gasteiger partial charge < -0.3 is 5.32 Å². The summed E-state index contributed by atoms with van der Waals surface area (Å²) in [4.78, 5) is 3.70. The Morgan fingerprint density at radius 3 is 2.19 bits per heavy atom. The molecule has 0 aliphatic carbocycles. The fourth-order valence-corrected chi connectivity index (χ4v) is 2.99. The Kier molecular flexibility index (Phi) is 4.96. The summed E-state index contributed by atoms with van der Waals surface area (Å²) in [5, 5.41) is 3.03. The molecular weight excluding hydrogens is 358 g/mol. The van der Waals surface area contributed by atoms with Crippen LogP contribution in [0.5, 0.6) is 0 Å². The zero-order chi connectivity index (χ0) is 18.9. The standard InChI is InChI=1S/C18H15F6N2/c19-17(20,21)12-6-4-11(5-7-12)14-9-8-13(15-3-1-2-10-25-15)16(26-14)18(22,23)24/h4-7,9,15,25H,1-3,10H2. The van der Waals surface area contributed by atoms with E-state index in [-0.39, 0.29) is 16.8 Å². The molecule has 26 heavy (non-hydrogen) atoms. The molecule has 0 saturated carbocycles. The van der Waals surface area contributed by atoms with Gasteiger partial charge in [-0.05, 0) is 43.7 Å². The van der Waals surface area contributed by atoms with Crippen LogP contribution in [0.2, 0.25) is 0 Å². The number of hydrogen-bond donors (Lipinski definition) is 1. The maximum atomic E-state index is 13.5. The minimum atomic E-state index is -4.67. The van der Waals surface area contributed by atoms with Crippen molar-refractivity contribution in [3.05, 3.63) is 53.2 Å². The summed E-state index contributed by atoms with van der Waals surface area (Å²) in [5.41, 5.74) is -1.86. The average molecular weight is 373 g/mol. The van der Waals surface area contributed by atoms with Crippen molar-refractivity contribution in [2.24, 2.45) is 0 Å². The van der Waals surface area contributed by atoms with Gasteiger partial charge in [-0.2, -0.15) is 26.3 Å². The molecule has 0 spiro atoms. The van der Waals surface area contributed by atoms with Crippen LogP contribution >= 0.6 is 0 Å². The van der Waals surface area contributed by atoms with E-state index < -0.39 is 29.7 Å². The van der Waals surface area contributed by atoms with E-state index in [9.17, 15) is 26.3 Å². The highest BCUT2D eigenvalue weighted by molar-refractivity contribution is 5.60. The lowest BCUT2D eigenvalue weighted by Gasteiger charge is -2.26. The quantitative estimate of drug-likeness (QED) is 0.713. The van der Waals surface area contributed by atoms with Crippen molar-refractivity contribution >= 4 is 0 Å². The molecule has 0 amide bonds. The summed E-state index contributed by atoms with van der Waals surface area (Å²) in [6.07, 6.45) is -6.92. The second-order valence-corrected chi connectivity index (χ2v) is 6.12. The molecule has 2 aromatic rings. The Morgan fingerprint density at radius 2 is 1.65 bits per heavy atom. The van der Waals surface area contributed by atoms with Gasteiger partial charge >= 0.3 is 12.4 Å². The molecular formula is C18H15F6N2. The molecule has 3 rings (SSSR count). The molecule has 8 heteroatoms. The summed E-state index contributed by atoms with van der Waals surface area (Å²) >= 11 is 0. The largest absolute Gasteiger partial charge is 0.433 e. The lowest BCUT2D eigenvalue weighted by atomic mass is 9.95. The van der Waals surface area contributed by atoms with Crippen molar-refractivity contribution in [3.8, 4) is 11.3 Å². The van der Waals surface area contributed by atoms with Crippen LogP contribution in [0.25, 0.3) is 11.3 Å². The van der Waals surface area contributed by atoms with Gasteiger partial charge in [-0.3, -0.25) is 0 Å². The summed E-state index contributed by atoms with van der Waals surface area (Å²) in [6, 6.07) is 7.33. The molecule has 1 fully saturated rings. The molecule has 0 bridgehead atoms. The van der Waals surface area contributed by atoms with Crippen LogP contribution in [0.15, 0.2) is 30.3 Å². The summed E-state index contributed by atoms with van der Waals surface area (Å²) in [5.74, 6) is 0. The fourth-order valence-electron chi connectivity index (χ4n) is 2.99. The smallest absolute Gasteiger partial charge is 0.310 e. The number of hydrogen-bond acceptors (Lipinski definition) is 2. The molecule has 1 N–H and O–H groups in total. The first-order valence-electron chi connectivity index (χ1n) is 8.07. The topological polar surface area (TPSA) is 24.9 Å². The van der Waals surface area contributed by atoms with Gasteiger partial charge in [0, 0.05) is 17.2 Å². The van der Waals surface area contributed by atoms with Crippen LogP contribution in [-0.2, 0) is 12.4 Å². The third kappa shape index (κ3) is 4.00. The fraction of sp³-hybridized carbons (Fsp3) is 0.389. The van der Waals surface area contributed by atoms with Gasteiger partial charge in [0.25, 0.3) is 0 Å². The maximum absolute atomic E-state index is 13.5. The van der Waals surface area contributed by atoms with Crippen molar-refractivity contribution in [2.75, 3.05) is 6.54 Å². The molecule has 2 nitrogen and oxygen atoms in total. The number of alkyl halides is 6. The van der Waals surface area contributed by atoms with Crippen LogP contribution in [-0.4, -0.2) is 11.5 Å². The number of nitrogens with one attached hydrogen (secondary N) is 1. The third-order valence-corrected chi connectivity index (χ3v) is 4.29. The van der Waals surface area contributed by atoms with Crippen molar-refractivity contribution in [3.63, 3.8) is 0 Å². The Hall–Kier alpha value is -2.09. The predicted octanol–water partition coefficient (Wildman–Crippen LogP) is 5.40. The van der Waals surface area contributed by atoms with Gasteiger partial charge in [0.1, 0.15) is 0 Å². The van der Waals surface area contributed by atoms with E-state index in [0.29, 0.717) is 13.0 Å². The average Bonchev–Trinajstić information content (AvgIpc) is 2.61. The number of aromatic nitrogens is 1. The Bertz CT molecular complexity index is 759. The van der Waals surface area contributed by atoms with Gasteiger partial charge in [-0.15, -0.1) is 0 Å². The molecule has 1 saturated heterocycles. The minimum Gasteiger partial charge on any atom is -0.310 e. The molecule has 1 unspecified atom stereocenters. The van der Waals surface area contributed by atoms with Crippen molar-refractivity contribution in [2.45, 2.75) is 37.7 Å². The van der Waals surface area contributed by atoms with E-state index in [1.54, 1.807) is 0 Å². The Labute approximate surface area is 146 Å². The lowest BCUT2D eigenvalue weighted by Crippen LogP contribution is -2.29. The second-order valence-electron chi connectivity index (χ2n) is 6.12. The first-order valence-corrected chi connectivity index (χ1v) is 8.07. The van der Waals surface area contributed by atoms with E-state index >= 15 is 0 Å². The number of nitrogens with zero attached hydrogens (tertiary/aromatic N) is 1. The first kappa shape index (κ1) is 18.7. The molecule has 2 heterocycles. The minimum absolute atomic E-state index is 0.0483. The third-order valence-electron chi connectivity index (χ3n) is 4.29. The first-order chi connectivity index (χ1) is 12.2. The number of piperidine rings is 1. The maximum Gasteiger partial charge on any atom is 0.433 e. The van der Waals surface area contributed by atoms with Crippen molar-refractivity contribution in [1.29, 1.82) is 0 Å². The van der Waals surface area contributed by atoms with Crippen LogP contribution in [0, 0.1) is 6.07 Å². The molecule has 1 aliphatic rings. The molecule has 1 aromatic heterocycles. The van der Waals surface area contributed by atoms with Crippen molar-refractivity contribution < 1.29 is 26.3 Å². The molecule has 1 aromatic carbocycles. The predicted molar refractivity (Wildman–Crippen MR) is 83.1 cm³/mol. The van der Waals surface area contributed by atoms with Gasteiger partial charge in [0.2, 0.25) is 0 Å². The SMILES string of the molecule is FC(F)(F)c1ccc(-c2c[c]c(C3CCCCN3)c(C(F)(F)F)n2)cc1. The van der Waals surface area contributed by atoms with E-state index in [1.807, 2.05) is 0 Å². The van der Waals surface area contributed by atoms with Gasteiger partial charge in [-0.1, -0.05) is 18.6 Å². The van der Waals surface area contributed by atoms with Crippen LogP contribution in [0.4, 0.5) is 26.3 Å². The van der Waals surface area contributed by atoms with Crippen LogP contribution < -0.4 is 5.32 Å². The zero-order valence-electron chi connectivity index (χ0n) is 13.5. The lowest BCUT2D eigenvalue weighted by molar-refractivity contribution is -0.142. The Morgan fingerprint density at radius 1 is 0.962 bits per heavy atom. The van der Waals surface area contributed by atoms with Gasteiger partial charge in [0.15, 0.2) is 5.69 Å².